The Hall–Kier alpha value is -1.05. The van der Waals surface area contributed by atoms with Crippen LogP contribution in [0.2, 0.25) is 0 Å². The van der Waals surface area contributed by atoms with E-state index in [1.807, 2.05) is 0 Å². The highest BCUT2D eigenvalue weighted by atomic mass is 32.2. The number of hydrogen-bond donors (Lipinski definition) is 1. The van der Waals surface area contributed by atoms with Crippen molar-refractivity contribution in [1.29, 1.82) is 0 Å². The van der Waals surface area contributed by atoms with Gasteiger partial charge in [-0.25, -0.2) is 12.8 Å². The van der Waals surface area contributed by atoms with Crippen LogP contribution in [0.3, 0.4) is 0 Å². The van der Waals surface area contributed by atoms with Crippen molar-refractivity contribution in [2.75, 3.05) is 13.1 Å². The van der Waals surface area contributed by atoms with E-state index in [2.05, 4.69) is 6.92 Å². The third-order valence-electron chi connectivity index (χ3n) is 3.58. The van der Waals surface area contributed by atoms with E-state index in [4.69, 9.17) is 18.0 Å². The molecule has 1 heterocycles. The monoisotopic (exact) mass is 316 g/mol. The van der Waals surface area contributed by atoms with Crippen molar-refractivity contribution in [2.45, 2.75) is 24.7 Å². The maximum atomic E-state index is 13.8. The summed E-state index contributed by atoms with van der Waals surface area (Å²) >= 11 is 4.78. The van der Waals surface area contributed by atoms with Gasteiger partial charge in [-0.05, 0) is 30.9 Å². The number of thiocarbonyl (C=S) groups is 1. The Bertz CT molecular complexity index is 623. The minimum atomic E-state index is -3.76. The quantitative estimate of drug-likeness (QED) is 0.865. The van der Waals surface area contributed by atoms with E-state index in [0.717, 1.165) is 18.9 Å². The number of benzene rings is 1. The summed E-state index contributed by atoms with van der Waals surface area (Å²) in [6.45, 7) is 2.97. The SMILES string of the molecule is CC1CCN(S(=O)(=O)c2cccc(F)c2C(N)=S)CC1. The number of halogens is 1. The number of sulfonamides is 1. The average Bonchev–Trinajstić information content (AvgIpc) is 2.38. The number of hydrogen-bond acceptors (Lipinski definition) is 3. The number of nitrogens with zero attached hydrogens (tertiary/aromatic N) is 1. The molecule has 1 aliphatic rings. The van der Waals surface area contributed by atoms with Gasteiger partial charge in [-0.1, -0.05) is 25.2 Å². The van der Waals surface area contributed by atoms with Crippen LogP contribution in [0, 0.1) is 11.7 Å². The molecule has 20 heavy (non-hydrogen) atoms. The number of nitrogens with two attached hydrogens (primary N) is 1. The molecule has 1 saturated heterocycles. The van der Waals surface area contributed by atoms with E-state index in [1.165, 1.54) is 16.4 Å². The molecule has 0 unspecified atom stereocenters. The maximum Gasteiger partial charge on any atom is 0.243 e. The Kier molecular flexibility index (Phi) is 4.41. The van der Waals surface area contributed by atoms with Crippen LogP contribution in [0.5, 0.6) is 0 Å². The topological polar surface area (TPSA) is 63.4 Å². The minimum absolute atomic E-state index is 0.139. The Morgan fingerprint density at radius 3 is 2.55 bits per heavy atom. The predicted octanol–water partition coefficient (Wildman–Crippen LogP) is 1.88. The summed E-state index contributed by atoms with van der Waals surface area (Å²) < 4.78 is 40.4. The fourth-order valence-electron chi connectivity index (χ4n) is 2.32. The lowest BCUT2D eigenvalue weighted by atomic mass is 10.0. The second kappa shape index (κ2) is 5.75. The van der Waals surface area contributed by atoms with Gasteiger partial charge in [0, 0.05) is 13.1 Å². The second-order valence-electron chi connectivity index (χ2n) is 5.06. The number of rotatable bonds is 3. The molecule has 0 aliphatic carbocycles. The third kappa shape index (κ3) is 2.84. The van der Waals surface area contributed by atoms with Crippen LogP contribution in [0.25, 0.3) is 0 Å². The Morgan fingerprint density at radius 2 is 2.00 bits per heavy atom. The molecular formula is C13H17FN2O2S2. The first kappa shape index (κ1) is 15.3. The van der Waals surface area contributed by atoms with Crippen molar-refractivity contribution >= 4 is 27.2 Å². The van der Waals surface area contributed by atoms with Gasteiger partial charge in [0.1, 0.15) is 10.8 Å². The van der Waals surface area contributed by atoms with Gasteiger partial charge in [0.15, 0.2) is 0 Å². The first-order valence-electron chi connectivity index (χ1n) is 6.42. The largest absolute Gasteiger partial charge is 0.389 e. The summed E-state index contributed by atoms with van der Waals surface area (Å²) in [6.07, 6.45) is 1.61. The van der Waals surface area contributed by atoms with Crippen LogP contribution in [-0.4, -0.2) is 30.8 Å². The van der Waals surface area contributed by atoms with Gasteiger partial charge in [-0.15, -0.1) is 0 Å². The molecule has 1 aliphatic heterocycles. The first-order valence-corrected chi connectivity index (χ1v) is 8.27. The fourth-order valence-corrected chi connectivity index (χ4v) is 4.28. The van der Waals surface area contributed by atoms with Crippen molar-refractivity contribution in [3.8, 4) is 0 Å². The predicted molar refractivity (Wildman–Crippen MR) is 79.4 cm³/mol. The Balaban J connectivity index is 2.45. The van der Waals surface area contributed by atoms with Gasteiger partial charge in [0.2, 0.25) is 10.0 Å². The summed E-state index contributed by atoms with van der Waals surface area (Å²) in [5, 5.41) is 0. The molecule has 0 aromatic heterocycles. The van der Waals surface area contributed by atoms with Gasteiger partial charge in [0.05, 0.1) is 10.5 Å². The zero-order chi connectivity index (χ0) is 14.9. The molecule has 4 nitrogen and oxygen atoms in total. The van der Waals surface area contributed by atoms with Crippen molar-refractivity contribution in [3.63, 3.8) is 0 Å². The van der Waals surface area contributed by atoms with Crippen molar-refractivity contribution in [3.05, 3.63) is 29.6 Å². The van der Waals surface area contributed by atoms with Crippen molar-refractivity contribution < 1.29 is 12.8 Å². The highest BCUT2D eigenvalue weighted by Crippen LogP contribution is 2.26. The molecule has 0 bridgehead atoms. The summed E-state index contributed by atoms with van der Waals surface area (Å²) in [7, 11) is -3.76. The van der Waals surface area contributed by atoms with Crippen LogP contribution < -0.4 is 5.73 Å². The van der Waals surface area contributed by atoms with Gasteiger partial charge < -0.3 is 5.73 Å². The molecule has 0 amide bonds. The summed E-state index contributed by atoms with van der Waals surface area (Å²) in [6, 6.07) is 3.87. The molecule has 110 valence electrons. The molecule has 1 aromatic rings. The lowest BCUT2D eigenvalue weighted by Gasteiger charge is -2.30. The smallest absolute Gasteiger partial charge is 0.243 e. The van der Waals surface area contributed by atoms with E-state index in [-0.39, 0.29) is 15.4 Å². The molecule has 2 N–H and O–H groups in total. The molecule has 0 radical (unpaired) electrons. The summed E-state index contributed by atoms with van der Waals surface area (Å²) in [5.41, 5.74) is 5.28. The van der Waals surface area contributed by atoms with E-state index >= 15 is 0 Å². The number of piperidine rings is 1. The standard InChI is InChI=1S/C13H17FN2O2S2/c1-9-5-7-16(8-6-9)20(17,18)11-4-2-3-10(14)12(11)13(15)19/h2-4,9H,5-8H2,1H3,(H2,15,19). The van der Waals surface area contributed by atoms with Gasteiger partial charge in [-0.2, -0.15) is 4.31 Å². The van der Waals surface area contributed by atoms with E-state index in [0.29, 0.717) is 19.0 Å². The zero-order valence-electron chi connectivity index (χ0n) is 11.2. The molecule has 1 fully saturated rings. The van der Waals surface area contributed by atoms with Crippen molar-refractivity contribution in [2.24, 2.45) is 11.7 Å². The minimum Gasteiger partial charge on any atom is -0.389 e. The highest BCUT2D eigenvalue weighted by Gasteiger charge is 2.31. The second-order valence-corrected chi connectivity index (χ2v) is 7.41. The van der Waals surface area contributed by atoms with Crippen LogP contribution in [-0.2, 0) is 10.0 Å². The summed E-state index contributed by atoms with van der Waals surface area (Å²) in [4.78, 5) is -0.383. The normalized spacial score (nSPS) is 18.1. The van der Waals surface area contributed by atoms with Gasteiger partial charge >= 0.3 is 0 Å². The Morgan fingerprint density at radius 1 is 1.40 bits per heavy atom. The van der Waals surface area contributed by atoms with Crippen LogP contribution in [0.1, 0.15) is 25.3 Å². The van der Waals surface area contributed by atoms with E-state index < -0.39 is 15.8 Å². The molecule has 0 saturated carbocycles. The lowest BCUT2D eigenvalue weighted by Crippen LogP contribution is -2.38. The van der Waals surface area contributed by atoms with Crippen LogP contribution in [0.4, 0.5) is 4.39 Å². The maximum absolute atomic E-state index is 13.8. The molecular weight excluding hydrogens is 299 g/mol. The van der Waals surface area contributed by atoms with Crippen LogP contribution in [0.15, 0.2) is 23.1 Å². The lowest BCUT2D eigenvalue weighted by molar-refractivity contribution is 0.288. The Labute approximate surface area is 123 Å². The third-order valence-corrected chi connectivity index (χ3v) is 5.73. The average molecular weight is 316 g/mol. The molecule has 0 spiro atoms. The van der Waals surface area contributed by atoms with Gasteiger partial charge in [-0.3, -0.25) is 0 Å². The fraction of sp³-hybridized carbons (Fsp3) is 0.462. The first-order chi connectivity index (χ1) is 9.34. The molecule has 1 aromatic carbocycles. The van der Waals surface area contributed by atoms with E-state index in [9.17, 15) is 12.8 Å². The van der Waals surface area contributed by atoms with Crippen molar-refractivity contribution in [1.82, 2.24) is 4.31 Å². The molecule has 2 rings (SSSR count). The molecule has 7 heteroatoms. The summed E-state index contributed by atoms with van der Waals surface area (Å²) in [5.74, 6) is -0.201. The molecule has 0 atom stereocenters. The highest BCUT2D eigenvalue weighted by molar-refractivity contribution is 7.89. The zero-order valence-corrected chi connectivity index (χ0v) is 12.8. The van der Waals surface area contributed by atoms with Gasteiger partial charge in [0.25, 0.3) is 0 Å². The van der Waals surface area contributed by atoms with Crippen LogP contribution >= 0.6 is 12.2 Å². The van der Waals surface area contributed by atoms with E-state index in [1.54, 1.807) is 0 Å².